The van der Waals surface area contributed by atoms with Gasteiger partial charge in [-0.25, -0.2) is 12.8 Å². The molecule has 35 heavy (non-hydrogen) atoms. The van der Waals surface area contributed by atoms with E-state index in [1.54, 1.807) is 37.3 Å². The molecule has 0 spiro atoms. The van der Waals surface area contributed by atoms with Gasteiger partial charge in [0.05, 0.1) is 33.8 Å². The minimum absolute atomic E-state index is 0.173. The Morgan fingerprint density at radius 3 is 2.51 bits per heavy atom. The third-order valence-corrected chi connectivity index (χ3v) is 7.79. The first kappa shape index (κ1) is 25.2. The van der Waals surface area contributed by atoms with E-state index >= 15 is 0 Å². The number of β-amino-alcohol motifs (C(OH)–C–C–N with tert-alkyl or cyclic N) is 1. The van der Waals surface area contributed by atoms with Gasteiger partial charge in [-0.05, 0) is 60.0 Å². The van der Waals surface area contributed by atoms with E-state index in [4.69, 9.17) is 11.6 Å². The molecule has 1 N–H and O–H groups in total. The Hall–Kier alpha value is -2.88. The Kier molecular flexibility index (Phi) is 6.70. The molecule has 0 amide bonds. The normalized spacial score (nSPS) is 16.8. The van der Waals surface area contributed by atoms with Crippen molar-refractivity contribution in [2.24, 2.45) is 0 Å². The van der Waals surface area contributed by atoms with Crippen molar-refractivity contribution in [1.82, 2.24) is 0 Å². The Balaban J connectivity index is 1.79. The van der Waals surface area contributed by atoms with Crippen molar-refractivity contribution in [3.05, 3.63) is 93.8 Å². The highest BCUT2D eigenvalue weighted by Gasteiger charge is 2.36. The van der Waals surface area contributed by atoms with E-state index in [0.717, 1.165) is 22.5 Å². The monoisotopic (exact) mass is 525 g/mol. The molecule has 0 saturated carbocycles. The summed E-state index contributed by atoms with van der Waals surface area (Å²) in [5.74, 6) is -0.513. The molecule has 0 aromatic heterocycles. The molecule has 0 saturated heterocycles. The third-order valence-electron chi connectivity index (χ3n) is 5.70. The maximum absolute atomic E-state index is 14.3. The number of benzene rings is 3. The van der Waals surface area contributed by atoms with Gasteiger partial charge in [-0.1, -0.05) is 41.9 Å². The summed E-state index contributed by atoms with van der Waals surface area (Å²) in [5, 5.41) is 10.5. The van der Waals surface area contributed by atoms with Gasteiger partial charge in [0.15, 0.2) is 0 Å². The Morgan fingerprint density at radius 2 is 1.83 bits per heavy atom. The van der Waals surface area contributed by atoms with E-state index in [1.807, 2.05) is 0 Å². The highest BCUT2D eigenvalue weighted by molar-refractivity contribution is 7.92. The molecule has 4 rings (SSSR count). The summed E-state index contributed by atoms with van der Waals surface area (Å²) in [6, 6.07) is 12.6. The maximum Gasteiger partial charge on any atom is 0.416 e. The zero-order valence-corrected chi connectivity index (χ0v) is 19.9. The second-order valence-electron chi connectivity index (χ2n) is 8.23. The summed E-state index contributed by atoms with van der Waals surface area (Å²) >= 11 is 6.14. The van der Waals surface area contributed by atoms with Crippen molar-refractivity contribution in [3.63, 3.8) is 0 Å². The average Bonchev–Trinajstić information content (AvgIpc) is 2.78. The number of sulfonamides is 1. The van der Waals surface area contributed by atoms with Gasteiger partial charge in [-0.2, -0.15) is 13.2 Å². The van der Waals surface area contributed by atoms with Crippen molar-refractivity contribution < 1.29 is 31.1 Å². The number of alkyl halides is 3. The number of allylic oxidation sites excluding steroid dienone is 1. The second kappa shape index (κ2) is 9.29. The van der Waals surface area contributed by atoms with Crippen LogP contribution in [0.4, 0.5) is 23.2 Å². The van der Waals surface area contributed by atoms with Gasteiger partial charge >= 0.3 is 6.18 Å². The van der Waals surface area contributed by atoms with Crippen molar-refractivity contribution in [2.45, 2.75) is 30.5 Å². The van der Waals surface area contributed by atoms with Crippen molar-refractivity contribution >= 4 is 39.0 Å². The Bertz CT molecular complexity index is 1400. The standard InChI is InChI=1S/C25H20ClF4NO3S/c1-15(24-21(26)6-3-7-22(24)27)10-16-8-9-17-12-19(32)14-31(23(17)11-16)35(33,34)20-5-2-4-18(13-20)25(28,29)30/h2-11,13,19,32H,12,14H2,1H3/t19-/m0/s1. The second-order valence-corrected chi connectivity index (χ2v) is 10.5. The molecule has 10 heteroatoms. The lowest BCUT2D eigenvalue weighted by molar-refractivity contribution is -0.137. The molecular formula is C25H20ClF4NO3S. The Morgan fingerprint density at radius 1 is 1.11 bits per heavy atom. The van der Waals surface area contributed by atoms with Gasteiger partial charge in [0.2, 0.25) is 0 Å². The number of nitrogens with zero attached hydrogens (tertiary/aromatic N) is 1. The van der Waals surface area contributed by atoms with Crippen LogP contribution in [0.1, 0.15) is 29.2 Å². The van der Waals surface area contributed by atoms with Crippen LogP contribution < -0.4 is 4.31 Å². The summed E-state index contributed by atoms with van der Waals surface area (Å²) in [4.78, 5) is -0.539. The summed E-state index contributed by atoms with van der Waals surface area (Å²) in [5.41, 5.74) is 0.880. The largest absolute Gasteiger partial charge is 0.416 e. The fraction of sp³-hybridized carbons (Fsp3) is 0.200. The lowest BCUT2D eigenvalue weighted by atomic mass is 9.97. The fourth-order valence-corrected chi connectivity index (χ4v) is 5.96. The third kappa shape index (κ3) is 5.07. The SMILES string of the molecule is CC(=Cc1ccc2c(c1)N(S(=O)(=O)c1cccc(C(F)(F)F)c1)C[C@@H](O)C2)c1c(F)cccc1Cl. The molecule has 0 radical (unpaired) electrons. The number of hydrogen-bond acceptors (Lipinski definition) is 3. The van der Waals surface area contributed by atoms with Crippen LogP contribution >= 0.6 is 11.6 Å². The summed E-state index contributed by atoms with van der Waals surface area (Å²) < 4.78 is 81.5. The van der Waals surface area contributed by atoms with Crippen LogP contribution in [0.15, 0.2) is 65.6 Å². The van der Waals surface area contributed by atoms with Crippen LogP contribution in [-0.4, -0.2) is 26.2 Å². The van der Waals surface area contributed by atoms with Gasteiger partial charge in [-0.15, -0.1) is 0 Å². The number of halogens is 5. The summed E-state index contributed by atoms with van der Waals surface area (Å²) in [7, 11) is -4.43. The average molecular weight is 526 g/mol. The van der Waals surface area contributed by atoms with E-state index in [0.29, 0.717) is 22.8 Å². The predicted octanol–water partition coefficient (Wildman–Crippen LogP) is 6.17. The number of fused-ring (bicyclic) bond motifs is 1. The van der Waals surface area contributed by atoms with E-state index in [-0.39, 0.29) is 29.2 Å². The van der Waals surface area contributed by atoms with E-state index in [9.17, 15) is 31.1 Å². The molecule has 0 aliphatic carbocycles. The zero-order valence-electron chi connectivity index (χ0n) is 18.4. The molecule has 1 atom stereocenters. The molecule has 184 valence electrons. The van der Waals surface area contributed by atoms with Crippen molar-refractivity contribution in [2.75, 3.05) is 10.8 Å². The first-order chi connectivity index (χ1) is 16.4. The molecule has 0 unspecified atom stereocenters. The van der Waals surface area contributed by atoms with Gasteiger partial charge in [0.1, 0.15) is 5.82 Å². The molecule has 1 heterocycles. The molecule has 1 aliphatic rings. The number of aliphatic hydroxyl groups excluding tert-OH is 1. The Labute approximate surface area is 205 Å². The number of anilines is 1. The van der Waals surface area contributed by atoms with Crippen LogP contribution in [0.2, 0.25) is 5.02 Å². The minimum atomic E-state index is -4.71. The first-order valence-electron chi connectivity index (χ1n) is 10.5. The van der Waals surface area contributed by atoms with Gasteiger partial charge in [0, 0.05) is 12.0 Å². The van der Waals surface area contributed by atoms with E-state index in [1.165, 1.54) is 12.1 Å². The summed E-state index contributed by atoms with van der Waals surface area (Å²) in [6.07, 6.45) is -3.95. The lowest BCUT2D eigenvalue weighted by Gasteiger charge is -2.33. The number of hydrogen-bond donors (Lipinski definition) is 1. The molecular weight excluding hydrogens is 506 g/mol. The van der Waals surface area contributed by atoms with Gasteiger partial charge in [0.25, 0.3) is 10.0 Å². The van der Waals surface area contributed by atoms with E-state index < -0.39 is 38.6 Å². The van der Waals surface area contributed by atoms with Crippen molar-refractivity contribution in [1.29, 1.82) is 0 Å². The highest BCUT2D eigenvalue weighted by Crippen LogP contribution is 2.36. The first-order valence-corrected chi connectivity index (χ1v) is 12.3. The zero-order chi connectivity index (χ0) is 25.5. The van der Waals surface area contributed by atoms with Crippen molar-refractivity contribution in [3.8, 4) is 0 Å². The van der Waals surface area contributed by atoms with Crippen LogP contribution in [0.25, 0.3) is 11.6 Å². The highest BCUT2D eigenvalue weighted by atomic mass is 35.5. The van der Waals surface area contributed by atoms with Crippen LogP contribution in [0.3, 0.4) is 0 Å². The molecule has 3 aromatic carbocycles. The van der Waals surface area contributed by atoms with Crippen LogP contribution in [0.5, 0.6) is 0 Å². The van der Waals surface area contributed by atoms with Crippen LogP contribution in [0, 0.1) is 5.82 Å². The van der Waals surface area contributed by atoms with Crippen LogP contribution in [-0.2, 0) is 22.6 Å². The summed E-state index contributed by atoms with van der Waals surface area (Å²) in [6.45, 7) is 1.33. The quantitative estimate of drug-likeness (QED) is 0.327. The van der Waals surface area contributed by atoms with E-state index in [2.05, 4.69) is 0 Å². The topological polar surface area (TPSA) is 57.6 Å². The molecule has 1 aliphatic heterocycles. The molecule has 4 nitrogen and oxygen atoms in total. The fourth-order valence-electron chi connectivity index (χ4n) is 4.07. The van der Waals surface area contributed by atoms with Gasteiger partial charge in [-0.3, -0.25) is 4.31 Å². The maximum atomic E-state index is 14.3. The molecule has 3 aromatic rings. The minimum Gasteiger partial charge on any atom is -0.391 e. The molecule has 0 bridgehead atoms. The number of rotatable bonds is 4. The number of aliphatic hydroxyl groups is 1. The predicted molar refractivity (Wildman–Crippen MR) is 127 cm³/mol. The smallest absolute Gasteiger partial charge is 0.391 e. The lowest BCUT2D eigenvalue weighted by Crippen LogP contribution is -2.42. The molecule has 0 fully saturated rings. The van der Waals surface area contributed by atoms with Gasteiger partial charge < -0.3 is 5.11 Å².